The molecule has 1 saturated heterocycles. The summed E-state index contributed by atoms with van der Waals surface area (Å²) >= 11 is 0. The predicted octanol–water partition coefficient (Wildman–Crippen LogP) is 4.08. The van der Waals surface area contributed by atoms with Crippen LogP contribution in [0.2, 0.25) is 0 Å². The van der Waals surface area contributed by atoms with E-state index in [1.54, 1.807) is 0 Å². The highest BCUT2D eigenvalue weighted by atomic mass is 19.4. The second-order valence-corrected chi connectivity index (χ2v) is 11.3. The van der Waals surface area contributed by atoms with Gasteiger partial charge in [-0.25, -0.2) is 18.9 Å². The number of alkyl halides is 6. The number of fused-ring (bicyclic) bond motifs is 1. The third-order valence-corrected chi connectivity index (χ3v) is 7.62. The zero-order valence-corrected chi connectivity index (χ0v) is 23.2. The molecule has 2 N–H and O–H groups in total. The Morgan fingerprint density at radius 3 is 2.53 bits per heavy atom. The lowest BCUT2D eigenvalue weighted by Crippen LogP contribution is -2.40. The van der Waals surface area contributed by atoms with Crippen LogP contribution in [-0.2, 0) is 4.74 Å². The number of methoxy groups -OCH3 is 1. The number of ether oxygens (including phenoxy) is 1. The Morgan fingerprint density at radius 1 is 1.21 bits per heavy atom. The lowest BCUT2D eigenvalue weighted by molar-refractivity contribution is -0.215. The minimum Gasteiger partial charge on any atom is -0.382 e. The molecule has 0 aromatic carbocycles. The Bertz CT molecular complexity index is 1500. The molecule has 3 aromatic heterocycles. The van der Waals surface area contributed by atoms with Crippen molar-refractivity contribution in [3.63, 3.8) is 0 Å². The number of hydrogen-bond donors (Lipinski definition) is 2. The molecule has 1 aliphatic carbocycles. The number of urea groups is 1. The molecule has 3 atom stereocenters. The number of carbonyl (C=O) groups excluding carboxylic acids is 2. The molecule has 1 aliphatic heterocycles. The number of halogens is 6. The van der Waals surface area contributed by atoms with Crippen LogP contribution in [0.25, 0.3) is 5.65 Å². The van der Waals surface area contributed by atoms with Gasteiger partial charge in [-0.05, 0) is 30.5 Å². The highest BCUT2D eigenvalue weighted by Gasteiger charge is 2.50. The molecule has 2 aliphatic rings. The second-order valence-electron chi connectivity index (χ2n) is 11.3. The van der Waals surface area contributed by atoms with E-state index in [2.05, 4.69) is 25.7 Å². The van der Waals surface area contributed by atoms with Crippen molar-refractivity contribution in [1.29, 1.82) is 0 Å². The zero-order chi connectivity index (χ0) is 31.3. The van der Waals surface area contributed by atoms with Crippen LogP contribution in [0.4, 0.5) is 31.1 Å². The van der Waals surface area contributed by atoms with Crippen LogP contribution in [0.5, 0.6) is 0 Å². The van der Waals surface area contributed by atoms with Crippen molar-refractivity contribution in [2.45, 2.75) is 69.5 Å². The molecule has 2 fully saturated rings. The van der Waals surface area contributed by atoms with Crippen molar-refractivity contribution in [3.05, 3.63) is 41.1 Å². The number of nitrogens with zero attached hydrogens (tertiary/aromatic N) is 6. The largest absolute Gasteiger partial charge is 0.410 e. The highest BCUT2D eigenvalue weighted by molar-refractivity contribution is 5.93. The normalized spacial score (nSPS) is 19.5. The van der Waals surface area contributed by atoms with Gasteiger partial charge in [0.15, 0.2) is 11.3 Å². The van der Waals surface area contributed by atoms with Gasteiger partial charge < -0.3 is 20.3 Å². The first-order valence-corrected chi connectivity index (χ1v) is 13.3. The standard InChI is InChI=1S/C25H28F6N8O4/c1-23(2,25(29,30)31)7-14(34-21(40)20-19(12-4-5-12)36-43-37-20)15-9-39-18(33-15)6-13(8-32-39)16(11-42-3)38-10-17(24(26,27)28)35-22(38)41/h6,8-9,12,14,16-17H,4-5,7,10-11H2,1-3H3,(H,34,40)(H,35,41)/t14?,16?,17-/m0/s1. The molecular formula is C25H28F6N8O4. The van der Waals surface area contributed by atoms with E-state index in [0.717, 1.165) is 31.6 Å². The number of aromatic nitrogens is 5. The fourth-order valence-corrected chi connectivity index (χ4v) is 4.86. The third-order valence-electron chi connectivity index (χ3n) is 7.62. The fourth-order valence-electron chi connectivity index (χ4n) is 4.86. The average Bonchev–Trinajstić information content (AvgIpc) is 3.30. The second kappa shape index (κ2) is 10.9. The molecule has 5 rings (SSSR count). The van der Waals surface area contributed by atoms with Gasteiger partial charge in [0.05, 0.1) is 48.7 Å². The lowest BCUT2D eigenvalue weighted by Gasteiger charge is -2.31. The maximum absolute atomic E-state index is 13.9. The fraction of sp³-hybridized carbons (Fsp3) is 0.600. The molecule has 234 valence electrons. The number of imidazole rings is 1. The van der Waals surface area contributed by atoms with Crippen LogP contribution in [0.3, 0.4) is 0 Å². The maximum Gasteiger partial charge on any atom is 0.410 e. The summed E-state index contributed by atoms with van der Waals surface area (Å²) in [5, 5.41) is 16.1. The zero-order valence-electron chi connectivity index (χ0n) is 23.2. The quantitative estimate of drug-likeness (QED) is 0.324. The monoisotopic (exact) mass is 618 g/mol. The SMILES string of the molecule is COCC(c1cnn2cc(C(CC(C)(C)C(F)(F)F)NC(=O)c3nonc3C3CC3)nc2c1)N1C[C@@H](C(F)(F)F)NC1=O. The van der Waals surface area contributed by atoms with Gasteiger partial charge in [-0.2, -0.15) is 31.4 Å². The number of amides is 3. The number of nitrogens with one attached hydrogen (secondary N) is 2. The van der Waals surface area contributed by atoms with Crippen LogP contribution < -0.4 is 10.6 Å². The summed E-state index contributed by atoms with van der Waals surface area (Å²) < 4.78 is 92.6. The summed E-state index contributed by atoms with van der Waals surface area (Å²) in [6.07, 6.45) is -5.68. The summed E-state index contributed by atoms with van der Waals surface area (Å²) in [5.74, 6) is -0.796. The molecular weight excluding hydrogens is 590 g/mol. The van der Waals surface area contributed by atoms with E-state index in [4.69, 9.17) is 9.37 Å². The van der Waals surface area contributed by atoms with Crippen LogP contribution in [-0.4, -0.2) is 80.4 Å². The summed E-state index contributed by atoms with van der Waals surface area (Å²) in [6, 6.07) is -3.82. The minimum atomic E-state index is -4.66. The van der Waals surface area contributed by atoms with Gasteiger partial charge >= 0.3 is 18.4 Å². The van der Waals surface area contributed by atoms with Gasteiger partial charge in [-0.15, -0.1) is 0 Å². The molecule has 18 heteroatoms. The van der Waals surface area contributed by atoms with Crippen LogP contribution >= 0.6 is 0 Å². The molecule has 1 saturated carbocycles. The van der Waals surface area contributed by atoms with Crippen LogP contribution in [0.15, 0.2) is 23.1 Å². The van der Waals surface area contributed by atoms with Gasteiger partial charge in [-0.1, -0.05) is 19.0 Å². The van der Waals surface area contributed by atoms with Gasteiger partial charge in [0.25, 0.3) is 5.91 Å². The van der Waals surface area contributed by atoms with Crippen LogP contribution in [0, 0.1) is 5.41 Å². The summed E-state index contributed by atoms with van der Waals surface area (Å²) in [6.45, 7) is 1.16. The van der Waals surface area contributed by atoms with E-state index in [-0.39, 0.29) is 35.1 Å². The minimum absolute atomic E-state index is 0.0148. The smallest absolute Gasteiger partial charge is 0.382 e. The van der Waals surface area contributed by atoms with E-state index < -0.39 is 60.8 Å². The third kappa shape index (κ3) is 6.23. The highest BCUT2D eigenvalue weighted by Crippen LogP contribution is 2.44. The molecule has 2 unspecified atom stereocenters. The van der Waals surface area contributed by atoms with Crippen molar-refractivity contribution in [2.24, 2.45) is 5.41 Å². The molecule has 12 nitrogen and oxygen atoms in total. The van der Waals surface area contributed by atoms with Crippen molar-refractivity contribution in [2.75, 3.05) is 20.3 Å². The van der Waals surface area contributed by atoms with Crippen molar-refractivity contribution in [3.8, 4) is 0 Å². The Balaban J connectivity index is 1.46. The van der Waals surface area contributed by atoms with Gasteiger partial charge in [-0.3, -0.25) is 4.79 Å². The Kier molecular flexibility index (Phi) is 7.77. The first-order chi connectivity index (χ1) is 20.1. The van der Waals surface area contributed by atoms with E-state index in [9.17, 15) is 35.9 Å². The Morgan fingerprint density at radius 2 is 1.93 bits per heavy atom. The summed E-state index contributed by atoms with van der Waals surface area (Å²) in [7, 11) is 1.32. The van der Waals surface area contributed by atoms with Gasteiger partial charge in [0, 0.05) is 18.6 Å². The average molecular weight is 619 g/mol. The Hall–Kier alpha value is -3.96. The molecule has 3 amide bonds. The first kappa shape index (κ1) is 30.5. The predicted molar refractivity (Wildman–Crippen MR) is 134 cm³/mol. The maximum atomic E-state index is 13.9. The summed E-state index contributed by atoms with van der Waals surface area (Å²) in [4.78, 5) is 30.9. The van der Waals surface area contributed by atoms with Crippen LogP contribution in [0.1, 0.15) is 78.6 Å². The van der Waals surface area contributed by atoms with Gasteiger partial charge in [0.2, 0.25) is 0 Å². The van der Waals surface area contributed by atoms with E-state index in [1.807, 2.05) is 5.32 Å². The van der Waals surface area contributed by atoms with Crippen molar-refractivity contribution < 1.29 is 45.3 Å². The molecule has 4 heterocycles. The first-order valence-electron chi connectivity index (χ1n) is 13.3. The number of carbonyl (C=O) groups is 2. The number of rotatable bonds is 10. The van der Waals surface area contributed by atoms with E-state index in [1.165, 1.54) is 30.1 Å². The Labute approximate surface area is 240 Å². The topological polar surface area (TPSA) is 140 Å². The molecule has 3 aromatic rings. The van der Waals surface area contributed by atoms with Crippen molar-refractivity contribution >= 4 is 17.6 Å². The molecule has 0 spiro atoms. The number of hydrogen-bond acceptors (Lipinski definition) is 8. The molecule has 0 radical (unpaired) electrons. The van der Waals surface area contributed by atoms with Crippen molar-refractivity contribution in [1.82, 2.24) is 40.4 Å². The summed E-state index contributed by atoms with van der Waals surface area (Å²) in [5.41, 5.74) is -1.60. The van der Waals surface area contributed by atoms with Gasteiger partial charge in [0.1, 0.15) is 11.7 Å². The lowest BCUT2D eigenvalue weighted by atomic mass is 9.84. The molecule has 43 heavy (non-hydrogen) atoms. The molecule has 0 bridgehead atoms. The van der Waals surface area contributed by atoms with E-state index in [0.29, 0.717) is 5.69 Å². The van der Waals surface area contributed by atoms with E-state index >= 15 is 0 Å².